The maximum Gasteiger partial charge on any atom is 0.274 e. The van der Waals surface area contributed by atoms with Crippen LogP contribution in [0.2, 0.25) is 0 Å². The predicted molar refractivity (Wildman–Crippen MR) is 95.7 cm³/mol. The maximum absolute atomic E-state index is 12.5. The fourth-order valence-electron chi connectivity index (χ4n) is 2.27. The molecule has 0 fully saturated rings. The van der Waals surface area contributed by atoms with E-state index in [-0.39, 0.29) is 5.91 Å². The zero-order valence-corrected chi connectivity index (χ0v) is 14.4. The molecular formula is C18H24N4O2. The number of methoxy groups -OCH3 is 1. The highest BCUT2D eigenvalue weighted by Gasteiger charge is 2.13. The van der Waals surface area contributed by atoms with E-state index in [2.05, 4.69) is 27.5 Å². The lowest BCUT2D eigenvalue weighted by molar-refractivity contribution is 0.102. The molecule has 2 N–H and O–H groups in total. The predicted octanol–water partition coefficient (Wildman–Crippen LogP) is 3.65. The van der Waals surface area contributed by atoms with Crippen molar-refractivity contribution in [1.29, 1.82) is 0 Å². The number of rotatable bonds is 8. The van der Waals surface area contributed by atoms with Gasteiger partial charge >= 0.3 is 0 Å². The van der Waals surface area contributed by atoms with Crippen LogP contribution in [-0.2, 0) is 0 Å². The topological polar surface area (TPSA) is 76.1 Å². The van der Waals surface area contributed by atoms with Gasteiger partial charge in [-0.05, 0) is 31.5 Å². The Morgan fingerprint density at radius 1 is 1.21 bits per heavy atom. The molecule has 0 bridgehead atoms. The molecule has 1 aromatic heterocycles. The van der Waals surface area contributed by atoms with Gasteiger partial charge < -0.3 is 15.4 Å². The van der Waals surface area contributed by atoms with Crippen molar-refractivity contribution in [2.45, 2.75) is 33.1 Å². The summed E-state index contributed by atoms with van der Waals surface area (Å²) in [4.78, 5) is 21.1. The number of aromatic nitrogens is 2. The summed E-state index contributed by atoms with van der Waals surface area (Å²) in [6.07, 6.45) is 3.36. The Labute approximate surface area is 142 Å². The summed E-state index contributed by atoms with van der Waals surface area (Å²) >= 11 is 0. The smallest absolute Gasteiger partial charge is 0.274 e. The minimum atomic E-state index is -0.290. The largest absolute Gasteiger partial charge is 0.495 e. The summed E-state index contributed by atoms with van der Waals surface area (Å²) in [5, 5.41) is 6.00. The summed E-state index contributed by atoms with van der Waals surface area (Å²) in [7, 11) is 1.57. The van der Waals surface area contributed by atoms with E-state index >= 15 is 0 Å². The molecule has 0 atom stereocenters. The standard InChI is InChI=1S/C18H24N4O2/c1-4-5-8-11-19-18-20-13(2)12-15(22-18)17(23)21-14-9-6-7-10-16(14)24-3/h6-7,9-10,12H,4-5,8,11H2,1-3H3,(H,21,23)(H,19,20,22). The number of para-hydroxylation sites is 2. The molecule has 1 amide bonds. The second kappa shape index (κ2) is 8.86. The zero-order chi connectivity index (χ0) is 17.4. The number of nitrogens with one attached hydrogen (secondary N) is 2. The summed E-state index contributed by atoms with van der Waals surface area (Å²) in [6.45, 7) is 4.80. The van der Waals surface area contributed by atoms with E-state index in [9.17, 15) is 4.79 Å². The summed E-state index contributed by atoms with van der Waals surface area (Å²) in [6, 6.07) is 8.93. The monoisotopic (exact) mass is 328 g/mol. The van der Waals surface area contributed by atoms with Crippen LogP contribution in [0.1, 0.15) is 42.4 Å². The molecule has 0 aliphatic carbocycles. The highest BCUT2D eigenvalue weighted by Crippen LogP contribution is 2.23. The van der Waals surface area contributed by atoms with Gasteiger partial charge in [-0.2, -0.15) is 0 Å². The van der Waals surface area contributed by atoms with Crippen molar-refractivity contribution in [1.82, 2.24) is 9.97 Å². The Morgan fingerprint density at radius 2 is 2.00 bits per heavy atom. The van der Waals surface area contributed by atoms with Crippen LogP contribution in [-0.4, -0.2) is 29.5 Å². The molecular weight excluding hydrogens is 304 g/mol. The lowest BCUT2D eigenvalue weighted by Gasteiger charge is -2.11. The first-order valence-corrected chi connectivity index (χ1v) is 8.18. The Balaban J connectivity index is 2.09. The summed E-state index contributed by atoms with van der Waals surface area (Å²) < 4.78 is 5.25. The second-order valence-electron chi connectivity index (χ2n) is 5.51. The van der Waals surface area contributed by atoms with Gasteiger partial charge in [0.15, 0.2) is 0 Å². The number of hydrogen-bond donors (Lipinski definition) is 2. The van der Waals surface area contributed by atoms with Crippen molar-refractivity contribution in [2.24, 2.45) is 0 Å². The van der Waals surface area contributed by atoms with Gasteiger partial charge in [-0.1, -0.05) is 31.9 Å². The number of anilines is 2. The van der Waals surface area contributed by atoms with Crippen molar-refractivity contribution in [3.63, 3.8) is 0 Å². The molecule has 0 spiro atoms. The van der Waals surface area contributed by atoms with Crippen LogP contribution in [0.25, 0.3) is 0 Å². The third-order valence-electron chi connectivity index (χ3n) is 3.51. The molecule has 2 rings (SSSR count). The Hall–Kier alpha value is -2.63. The molecule has 0 saturated heterocycles. The van der Waals surface area contributed by atoms with Gasteiger partial charge in [-0.15, -0.1) is 0 Å². The Morgan fingerprint density at radius 3 is 2.75 bits per heavy atom. The highest BCUT2D eigenvalue weighted by molar-refractivity contribution is 6.03. The number of nitrogens with zero attached hydrogens (tertiary/aromatic N) is 2. The quantitative estimate of drug-likeness (QED) is 0.723. The number of unbranched alkanes of at least 4 members (excludes halogenated alkanes) is 2. The number of hydrogen-bond acceptors (Lipinski definition) is 5. The van der Waals surface area contributed by atoms with E-state index in [1.807, 2.05) is 19.1 Å². The van der Waals surface area contributed by atoms with Crippen molar-refractivity contribution >= 4 is 17.5 Å². The number of benzene rings is 1. The molecule has 1 aromatic carbocycles. The van der Waals surface area contributed by atoms with E-state index < -0.39 is 0 Å². The summed E-state index contributed by atoms with van der Waals surface area (Å²) in [5.41, 5.74) is 1.68. The van der Waals surface area contributed by atoms with Gasteiger partial charge in [0.1, 0.15) is 11.4 Å². The minimum absolute atomic E-state index is 0.290. The van der Waals surface area contributed by atoms with Crippen molar-refractivity contribution in [3.05, 3.63) is 41.7 Å². The molecule has 0 aliphatic rings. The minimum Gasteiger partial charge on any atom is -0.495 e. The van der Waals surface area contributed by atoms with E-state index in [0.717, 1.165) is 31.5 Å². The average molecular weight is 328 g/mol. The molecule has 128 valence electrons. The number of amides is 1. The van der Waals surface area contributed by atoms with Crippen molar-refractivity contribution < 1.29 is 9.53 Å². The first-order valence-electron chi connectivity index (χ1n) is 8.18. The number of ether oxygens (including phenoxy) is 1. The molecule has 2 aromatic rings. The second-order valence-corrected chi connectivity index (χ2v) is 5.51. The Bertz CT molecular complexity index is 688. The number of carbonyl (C=O) groups is 1. The van der Waals surface area contributed by atoms with E-state index in [4.69, 9.17) is 4.74 Å². The van der Waals surface area contributed by atoms with Gasteiger partial charge in [0.05, 0.1) is 12.8 Å². The lowest BCUT2D eigenvalue weighted by atomic mass is 10.2. The molecule has 24 heavy (non-hydrogen) atoms. The third kappa shape index (κ3) is 4.94. The van der Waals surface area contributed by atoms with Crippen LogP contribution in [0.3, 0.4) is 0 Å². The van der Waals surface area contributed by atoms with E-state index in [0.29, 0.717) is 23.1 Å². The number of aryl methyl sites for hydroxylation is 1. The zero-order valence-electron chi connectivity index (χ0n) is 14.4. The normalized spacial score (nSPS) is 10.3. The van der Waals surface area contributed by atoms with Crippen LogP contribution in [0, 0.1) is 6.92 Å². The van der Waals surface area contributed by atoms with Crippen LogP contribution >= 0.6 is 0 Å². The van der Waals surface area contributed by atoms with Gasteiger partial charge in [-0.3, -0.25) is 4.79 Å². The van der Waals surface area contributed by atoms with Gasteiger partial charge in [0.2, 0.25) is 5.95 Å². The maximum atomic E-state index is 12.5. The number of carbonyl (C=O) groups excluding carboxylic acids is 1. The fraction of sp³-hybridized carbons (Fsp3) is 0.389. The van der Waals surface area contributed by atoms with E-state index in [1.54, 1.807) is 25.3 Å². The summed E-state index contributed by atoms with van der Waals surface area (Å²) in [5.74, 6) is 0.799. The fourth-order valence-corrected chi connectivity index (χ4v) is 2.27. The molecule has 0 unspecified atom stereocenters. The van der Waals surface area contributed by atoms with Gasteiger partial charge in [0, 0.05) is 12.2 Å². The van der Waals surface area contributed by atoms with Crippen LogP contribution < -0.4 is 15.4 Å². The molecule has 0 aliphatic heterocycles. The molecule has 0 radical (unpaired) electrons. The Kier molecular flexibility index (Phi) is 6.54. The average Bonchev–Trinajstić information content (AvgIpc) is 2.58. The first-order chi connectivity index (χ1) is 11.6. The molecule has 6 heteroatoms. The van der Waals surface area contributed by atoms with Crippen LogP contribution in [0.15, 0.2) is 30.3 Å². The SMILES string of the molecule is CCCCCNc1nc(C)cc(C(=O)Nc2ccccc2OC)n1. The molecule has 1 heterocycles. The molecule has 6 nitrogen and oxygen atoms in total. The highest BCUT2D eigenvalue weighted by atomic mass is 16.5. The molecule has 0 saturated carbocycles. The lowest BCUT2D eigenvalue weighted by Crippen LogP contribution is -2.17. The van der Waals surface area contributed by atoms with Crippen molar-refractivity contribution in [2.75, 3.05) is 24.3 Å². The van der Waals surface area contributed by atoms with Gasteiger partial charge in [-0.25, -0.2) is 9.97 Å². The van der Waals surface area contributed by atoms with Crippen LogP contribution in [0.5, 0.6) is 5.75 Å². The van der Waals surface area contributed by atoms with Crippen LogP contribution in [0.4, 0.5) is 11.6 Å². The van der Waals surface area contributed by atoms with E-state index in [1.165, 1.54) is 0 Å². The van der Waals surface area contributed by atoms with Crippen molar-refractivity contribution in [3.8, 4) is 5.75 Å². The first kappa shape index (κ1) is 17.7. The van der Waals surface area contributed by atoms with Gasteiger partial charge in [0.25, 0.3) is 5.91 Å². The third-order valence-corrected chi connectivity index (χ3v) is 3.51.